The van der Waals surface area contributed by atoms with E-state index in [4.69, 9.17) is 10.9 Å². The molecule has 6 nitrogen and oxygen atoms in total. The van der Waals surface area contributed by atoms with Crippen molar-refractivity contribution in [2.24, 2.45) is 10.9 Å². The van der Waals surface area contributed by atoms with Crippen LogP contribution in [0.2, 0.25) is 0 Å². The molecule has 0 aromatic carbocycles. The maximum Gasteiger partial charge on any atom is 0.170 e. The van der Waals surface area contributed by atoms with Gasteiger partial charge in [-0.25, -0.2) is 4.98 Å². The normalized spacial score (nSPS) is 11.9. The number of aromatic nitrogens is 1. The van der Waals surface area contributed by atoms with Crippen LogP contribution in [0.15, 0.2) is 17.3 Å². The third kappa shape index (κ3) is 3.89. The number of oxime groups is 1. The second-order valence-corrected chi connectivity index (χ2v) is 4.57. The van der Waals surface area contributed by atoms with Crippen molar-refractivity contribution in [1.82, 2.24) is 9.88 Å². The summed E-state index contributed by atoms with van der Waals surface area (Å²) in [6, 6.07) is 3.61. The molecular formula is C12H21N5O. The summed E-state index contributed by atoms with van der Waals surface area (Å²) >= 11 is 0. The van der Waals surface area contributed by atoms with Crippen molar-refractivity contribution in [2.75, 3.05) is 39.1 Å². The lowest BCUT2D eigenvalue weighted by Crippen LogP contribution is -2.29. The van der Waals surface area contributed by atoms with Gasteiger partial charge in [-0.05, 0) is 33.2 Å². The van der Waals surface area contributed by atoms with Crippen LogP contribution in [-0.4, -0.2) is 55.2 Å². The Hall–Kier alpha value is -1.82. The molecule has 0 fully saturated rings. The average Bonchev–Trinajstić information content (AvgIpc) is 2.34. The summed E-state index contributed by atoms with van der Waals surface area (Å²) in [7, 11) is 6.03. The first-order chi connectivity index (χ1) is 8.43. The maximum atomic E-state index is 8.71. The molecule has 0 unspecified atom stereocenters. The quantitative estimate of drug-likeness (QED) is 0.344. The van der Waals surface area contributed by atoms with Crippen molar-refractivity contribution in [3.05, 3.63) is 23.4 Å². The van der Waals surface area contributed by atoms with Crippen LogP contribution in [0.1, 0.15) is 11.3 Å². The Morgan fingerprint density at radius 3 is 2.56 bits per heavy atom. The van der Waals surface area contributed by atoms with E-state index in [2.05, 4.69) is 15.0 Å². The fourth-order valence-electron chi connectivity index (χ4n) is 1.52. The Morgan fingerprint density at radius 2 is 2.00 bits per heavy atom. The molecule has 0 spiro atoms. The first-order valence-electron chi connectivity index (χ1n) is 5.76. The molecule has 0 aliphatic heterocycles. The van der Waals surface area contributed by atoms with Crippen LogP contribution in [0.3, 0.4) is 0 Å². The van der Waals surface area contributed by atoms with Crippen LogP contribution in [0, 0.1) is 6.92 Å². The van der Waals surface area contributed by atoms with Gasteiger partial charge in [-0.1, -0.05) is 5.16 Å². The Kier molecular flexibility index (Phi) is 4.91. The molecule has 0 saturated carbocycles. The third-order valence-corrected chi connectivity index (χ3v) is 2.62. The fourth-order valence-corrected chi connectivity index (χ4v) is 1.52. The summed E-state index contributed by atoms with van der Waals surface area (Å²) in [5.74, 6) is 0.918. The Labute approximate surface area is 108 Å². The molecule has 0 aliphatic rings. The van der Waals surface area contributed by atoms with Gasteiger partial charge in [0.05, 0.1) is 0 Å². The zero-order chi connectivity index (χ0) is 13.7. The van der Waals surface area contributed by atoms with Crippen molar-refractivity contribution in [1.29, 1.82) is 0 Å². The first-order valence-corrected chi connectivity index (χ1v) is 5.76. The van der Waals surface area contributed by atoms with Crippen LogP contribution >= 0.6 is 0 Å². The minimum atomic E-state index is 0.0998. The topological polar surface area (TPSA) is 78.0 Å². The van der Waals surface area contributed by atoms with Crippen molar-refractivity contribution < 1.29 is 5.21 Å². The van der Waals surface area contributed by atoms with Crippen LogP contribution < -0.4 is 10.6 Å². The highest BCUT2D eigenvalue weighted by Gasteiger charge is 2.08. The van der Waals surface area contributed by atoms with Crippen LogP contribution in [-0.2, 0) is 0 Å². The molecule has 0 amide bonds. The van der Waals surface area contributed by atoms with Gasteiger partial charge in [-0.2, -0.15) is 0 Å². The number of pyridine rings is 1. The molecule has 1 rings (SSSR count). The van der Waals surface area contributed by atoms with E-state index in [1.807, 2.05) is 39.0 Å². The SMILES string of the molecule is Cc1cc(/C(N)=N/O)cc(N(C)CCN(C)C)n1. The molecule has 3 N–H and O–H groups in total. The third-order valence-electron chi connectivity index (χ3n) is 2.62. The second kappa shape index (κ2) is 6.20. The zero-order valence-corrected chi connectivity index (χ0v) is 11.4. The number of nitrogens with two attached hydrogens (primary N) is 1. The maximum absolute atomic E-state index is 8.71. The number of nitrogens with zero attached hydrogens (tertiary/aromatic N) is 4. The molecular weight excluding hydrogens is 230 g/mol. The summed E-state index contributed by atoms with van der Waals surface area (Å²) in [6.45, 7) is 3.68. The Bertz CT molecular complexity index is 430. The summed E-state index contributed by atoms with van der Waals surface area (Å²) in [5, 5.41) is 11.7. The average molecular weight is 251 g/mol. The van der Waals surface area contributed by atoms with E-state index in [0.717, 1.165) is 24.6 Å². The van der Waals surface area contributed by atoms with Gasteiger partial charge in [0.1, 0.15) is 5.82 Å². The highest BCUT2D eigenvalue weighted by atomic mass is 16.4. The van der Waals surface area contributed by atoms with Gasteiger partial charge in [0.15, 0.2) is 5.84 Å². The standard InChI is InChI=1S/C12H21N5O/c1-9-7-10(12(13)15-18)8-11(14-9)17(4)6-5-16(2)3/h7-8,18H,5-6H2,1-4H3,(H2,13,15). The predicted octanol–water partition coefficient (Wildman–Crippen LogP) is 0.482. The highest BCUT2D eigenvalue weighted by Crippen LogP contribution is 2.13. The fraction of sp³-hybridized carbons (Fsp3) is 0.500. The van der Waals surface area contributed by atoms with E-state index in [0.29, 0.717) is 5.56 Å². The van der Waals surface area contributed by atoms with E-state index in [9.17, 15) is 0 Å². The number of anilines is 1. The first kappa shape index (κ1) is 14.2. The molecule has 0 bridgehead atoms. The van der Waals surface area contributed by atoms with Crippen LogP contribution in [0.5, 0.6) is 0 Å². The lowest BCUT2D eigenvalue weighted by molar-refractivity contribution is 0.318. The molecule has 1 aromatic rings. The minimum absolute atomic E-state index is 0.0998. The van der Waals surface area contributed by atoms with E-state index >= 15 is 0 Å². The second-order valence-electron chi connectivity index (χ2n) is 4.57. The van der Waals surface area contributed by atoms with Gasteiger partial charge in [0.2, 0.25) is 0 Å². The van der Waals surface area contributed by atoms with Crippen molar-refractivity contribution in [3.63, 3.8) is 0 Å². The number of likely N-dealkylation sites (N-methyl/N-ethyl adjacent to an activating group) is 2. The van der Waals surface area contributed by atoms with Gasteiger partial charge >= 0.3 is 0 Å². The van der Waals surface area contributed by atoms with E-state index < -0.39 is 0 Å². The largest absolute Gasteiger partial charge is 0.409 e. The molecule has 0 saturated heterocycles. The van der Waals surface area contributed by atoms with E-state index in [1.165, 1.54) is 0 Å². The predicted molar refractivity (Wildman–Crippen MR) is 73.3 cm³/mol. The summed E-state index contributed by atoms with van der Waals surface area (Å²) in [4.78, 5) is 8.59. The smallest absolute Gasteiger partial charge is 0.170 e. The van der Waals surface area contributed by atoms with Crippen molar-refractivity contribution >= 4 is 11.7 Å². The van der Waals surface area contributed by atoms with Gasteiger partial charge in [0.25, 0.3) is 0 Å². The monoisotopic (exact) mass is 251 g/mol. The van der Waals surface area contributed by atoms with E-state index in [-0.39, 0.29) is 5.84 Å². The summed E-state index contributed by atoms with van der Waals surface area (Å²) < 4.78 is 0. The molecule has 1 heterocycles. The number of hydrogen-bond acceptors (Lipinski definition) is 5. The molecule has 0 radical (unpaired) electrons. The number of amidine groups is 1. The van der Waals surface area contributed by atoms with Gasteiger partial charge in [0, 0.05) is 31.4 Å². The lowest BCUT2D eigenvalue weighted by atomic mass is 10.2. The van der Waals surface area contributed by atoms with Crippen molar-refractivity contribution in [2.45, 2.75) is 6.92 Å². The molecule has 0 aliphatic carbocycles. The van der Waals surface area contributed by atoms with Gasteiger partial charge < -0.3 is 20.7 Å². The molecule has 0 atom stereocenters. The highest BCUT2D eigenvalue weighted by molar-refractivity contribution is 5.97. The van der Waals surface area contributed by atoms with E-state index in [1.54, 1.807) is 6.07 Å². The number of hydrogen-bond donors (Lipinski definition) is 2. The van der Waals surface area contributed by atoms with Crippen LogP contribution in [0.4, 0.5) is 5.82 Å². The van der Waals surface area contributed by atoms with Crippen molar-refractivity contribution in [3.8, 4) is 0 Å². The Morgan fingerprint density at radius 1 is 1.33 bits per heavy atom. The summed E-state index contributed by atoms with van der Waals surface area (Å²) in [5.41, 5.74) is 7.12. The Balaban J connectivity index is 2.92. The summed E-state index contributed by atoms with van der Waals surface area (Å²) in [6.07, 6.45) is 0. The molecule has 18 heavy (non-hydrogen) atoms. The van der Waals surface area contributed by atoms with Gasteiger partial charge in [-0.3, -0.25) is 0 Å². The van der Waals surface area contributed by atoms with Crippen LogP contribution in [0.25, 0.3) is 0 Å². The molecule has 100 valence electrons. The molecule has 1 aromatic heterocycles. The zero-order valence-electron chi connectivity index (χ0n) is 11.4. The molecule has 6 heteroatoms. The number of aryl methyl sites for hydroxylation is 1. The lowest BCUT2D eigenvalue weighted by Gasteiger charge is -2.21. The minimum Gasteiger partial charge on any atom is -0.409 e. The van der Waals surface area contributed by atoms with Gasteiger partial charge in [-0.15, -0.1) is 0 Å². The number of rotatable bonds is 5.